The van der Waals surface area contributed by atoms with Crippen LogP contribution in [-0.4, -0.2) is 19.7 Å². The van der Waals surface area contributed by atoms with Crippen molar-refractivity contribution in [2.24, 2.45) is 5.92 Å². The Bertz CT molecular complexity index is 1150. The Hall–Kier alpha value is -3.27. The van der Waals surface area contributed by atoms with E-state index in [0.717, 1.165) is 23.4 Å². The summed E-state index contributed by atoms with van der Waals surface area (Å²) in [5.74, 6) is 1.25. The van der Waals surface area contributed by atoms with E-state index in [1.165, 1.54) is 16.3 Å². The number of fused-ring (bicyclic) bond motifs is 4. The van der Waals surface area contributed by atoms with Gasteiger partial charge in [0.05, 0.1) is 25.3 Å². The fourth-order valence-electron chi connectivity index (χ4n) is 5.00. The van der Waals surface area contributed by atoms with Gasteiger partial charge in [0.25, 0.3) is 0 Å². The highest BCUT2D eigenvalue weighted by molar-refractivity contribution is 5.91. The third kappa shape index (κ3) is 2.95. The van der Waals surface area contributed by atoms with Crippen LogP contribution in [0, 0.1) is 5.92 Å². The third-order valence-electron chi connectivity index (χ3n) is 6.34. The number of hydrogen-bond donors (Lipinski definition) is 1. The van der Waals surface area contributed by atoms with Crippen LogP contribution in [-0.2, 0) is 4.74 Å². The van der Waals surface area contributed by atoms with Crippen molar-refractivity contribution >= 4 is 22.4 Å². The molecule has 0 bridgehead atoms. The molecule has 1 N–H and O–H groups in total. The second-order valence-electron chi connectivity index (χ2n) is 7.90. The minimum Gasteiger partial charge on any atom is -0.496 e. The SMILES string of the molecule is CCOC(=O)c1ccc2c(c1)C1C=CCC1C(c1c(OC)ccc3ccccc13)N2. The monoisotopic (exact) mass is 399 g/mol. The second-order valence-corrected chi connectivity index (χ2v) is 7.90. The number of hydrogen-bond acceptors (Lipinski definition) is 4. The molecule has 1 heterocycles. The maximum atomic E-state index is 12.3. The zero-order valence-electron chi connectivity index (χ0n) is 17.2. The molecule has 1 aliphatic carbocycles. The van der Waals surface area contributed by atoms with Crippen molar-refractivity contribution in [3.05, 3.63) is 83.4 Å². The molecule has 152 valence electrons. The fraction of sp³-hybridized carbons (Fsp3) is 0.269. The quantitative estimate of drug-likeness (QED) is 0.441. The van der Waals surface area contributed by atoms with E-state index in [2.05, 4.69) is 53.9 Å². The van der Waals surface area contributed by atoms with Crippen LogP contribution in [0.15, 0.2) is 66.7 Å². The first kappa shape index (κ1) is 18.7. The Morgan fingerprint density at radius 3 is 2.83 bits per heavy atom. The van der Waals surface area contributed by atoms with Gasteiger partial charge in [-0.25, -0.2) is 4.79 Å². The highest BCUT2D eigenvalue weighted by atomic mass is 16.5. The van der Waals surface area contributed by atoms with E-state index in [-0.39, 0.29) is 17.9 Å². The average molecular weight is 399 g/mol. The molecule has 0 saturated heterocycles. The molecule has 0 spiro atoms. The van der Waals surface area contributed by atoms with Crippen molar-refractivity contribution < 1.29 is 14.3 Å². The summed E-state index contributed by atoms with van der Waals surface area (Å²) in [5, 5.41) is 6.20. The van der Waals surface area contributed by atoms with Crippen LogP contribution in [0.5, 0.6) is 5.75 Å². The first-order valence-corrected chi connectivity index (χ1v) is 10.5. The summed E-state index contributed by atoms with van der Waals surface area (Å²) in [7, 11) is 1.74. The van der Waals surface area contributed by atoms with Crippen LogP contribution in [0.1, 0.15) is 46.8 Å². The number of methoxy groups -OCH3 is 1. The molecule has 5 rings (SSSR count). The second kappa shape index (κ2) is 7.52. The molecule has 3 aromatic rings. The number of rotatable bonds is 4. The first-order chi connectivity index (χ1) is 14.7. The van der Waals surface area contributed by atoms with Gasteiger partial charge >= 0.3 is 5.97 Å². The number of ether oxygens (including phenoxy) is 2. The van der Waals surface area contributed by atoms with E-state index >= 15 is 0 Å². The van der Waals surface area contributed by atoms with Crippen molar-refractivity contribution in [3.63, 3.8) is 0 Å². The fourth-order valence-corrected chi connectivity index (χ4v) is 5.00. The molecule has 3 unspecified atom stereocenters. The number of carbonyl (C=O) groups is 1. The molecule has 3 aromatic carbocycles. The van der Waals surface area contributed by atoms with Gasteiger partial charge in [0.1, 0.15) is 5.75 Å². The van der Waals surface area contributed by atoms with Gasteiger partial charge in [-0.15, -0.1) is 0 Å². The molecule has 2 aliphatic rings. The van der Waals surface area contributed by atoms with Crippen LogP contribution in [0.25, 0.3) is 10.8 Å². The van der Waals surface area contributed by atoms with Gasteiger partial charge in [0.15, 0.2) is 0 Å². The molecule has 0 fully saturated rings. The summed E-state index contributed by atoms with van der Waals surface area (Å²) < 4.78 is 11.0. The van der Waals surface area contributed by atoms with Crippen LogP contribution in [0.4, 0.5) is 5.69 Å². The molecular weight excluding hydrogens is 374 g/mol. The Labute approximate surface area is 176 Å². The number of esters is 1. The normalized spacial score (nSPS) is 21.6. The smallest absolute Gasteiger partial charge is 0.338 e. The van der Waals surface area contributed by atoms with Gasteiger partial charge in [-0.2, -0.15) is 0 Å². The van der Waals surface area contributed by atoms with E-state index in [9.17, 15) is 4.79 Å². The average Bonchev–Trinajstić information content (AvgIpc) is 3.28. The minimum absolute atomic E-state index is 0.118. The van der Waals surface area contributed by atoms with Crippen molar-refractivity contribution in [3.8, 4) is 5.75 Å². The molecule has 3 atom stereocenters. The van der Waals surface area contributed by atoms with Crippen molar-refractivity contribution in [1.29, 1.82) is 0 Å². The molecule has 0 saturated carbocycles. The lowest BCUT2D eigenvalue weighted by molar-refractivity contribution is 0.0526. The van der Waals surface area contributed by atoms with Gasteiger partial charge in [0.2, 0.25) is 0 Å². The summed E-state index contributed by atoms with van der Waals surface area (Å²) in [4.78, 5) is 12.3. The molecule has 4 nitrogen and oxygen atoms in total. The Balaban J connectivity index is 1.63. The van der Waals surface area contributed by atoms with Crippen molar-refractivity contribution in [1.82, 2.24) is 0 Å². The number of nitrogens with one attached hydrogen (secondary N) is 1. The van der Waals surface area contributed by atoms with E-state index in [4.69, 9.17) is 9.47 Å². The summed E-state index contributed by atoms with van der Waals surface area (Å²) in [6.45, 7) is 2.21. The van der Waals surface area contributed by atoms with Crippen molar-refractivity contribution in [2.45, 2.75) is 25.3 Å². The predicted molar refractivity (Wildman–Crippen MR) is 119 cm³/mol. The number of allylic oxidation sites excluding steroid dienone is 2. The third-order valence-corrected chi connectivity index (χ3v) is 6.34. The van der Waals surface area contributed by atoms with Crippen LogP contribution in [0.2, 0.25) is 0 Å². The molecule has 0 radical (unpaired) electrons. The highest BCUT2D eigenvalue weighted by Gasteiger charge is 2.40. The van der Waals surface area contributed by atoms with Crippen molar-refractivity contribution in [2.75, 3.05) is 19.0 Å². The summed E-state index contributed by atoms with van der Waals surface area (Å²) >= 11 is 0. The van der Waals surface area contributed by atoms with Gasteiger partial charge in [-0.3, -0.25) is 0 Å². The van der Waals surface area contributed by atoms with E-state index in [1.807, 2.05) is 25.1 Å². The number of anilines is 1. The minimum atomic E-state index is -0.267. The number of benzene rings is 3. The Morgan fingerprint density at radius 1 is 1.13 bits per heavy atom. The van der Waals surface area contributed by atoms with Crippen LogP contribution in [0.3, 0.4) is 0 Å². The maximum Gasteiger partial charge on any atom is 0.338 e. The lowest BCUT2D eigenvalue weighted by Gasteiger charge is -2.38. The van der Waals surface area contributed by atoms with Crippen LogP contribution >= 0.6 is 0 Å². The molecule has 0 aromatic heterocycles. The summed E-state index contributed by atoms with van der Waals surface area (Å²) in [6.07, 6.45) is 5.52. The lowest BCUT2D eigenvalue weighted by Crippen LogP contribution is -2.29. The Morgan fingerprint density at radius 2 is 2.00 bits per heavy atom. The summed E-state index contributed by atoms with van der Waals surface area (Å²) in [5.41, 5.74) is 4.04. The van der Waals surface area contributed by atoms with Crippen LogP contribution < -0.4 is 10.1 Å². The molecule has 1 aliphatic heterocycles. The zero-order valence-corrected chi connectivity index (χ0v) is 17.2. The zero-order chi connectivity index (χ0) is 20.7. The number of carbonyl (C=O) groups excluding carboxylic acids is 1. The molecular formula is C26H25NO3. The van der Waals surface area contributed by atoms with E-state index in [0.29, 0.717) is 18.1 Å². The first-order valence-electron chi connectivity index (χ1n) is 10.5. The molecule has 4 heteroatoms. The van der Waals surface area contributed by atoms with E-state index < -0.39 is 0 Å². The lowest BCUT2D eigenvalue weighted by atomic mass is 9.75. The maximum absolute atomic E-state index is 12.3. The Kier molecular flexibility index (Phi) is 4.70. The molecule has 0 amide bonds. The standard InChI is InChI=1S/C26H25NO3/c1-3-30-26(28)17-11-13-22-21(15-17)19-9-6-10-20(19)25(27-22)24-18-8-5-4-7-16(18)12-14-23(24)29-2/h4-9,11-15,19-20,25,27H,3,10H2,1-2H3. The van der Waals surface area contributed by atoms with Gasteiger partial charge in [-0.1, -0.05) is 42.5 Å². The predicted octanol–water partition coefficient (Wildman–Crippen LogP) is 5.85. The van der Waals surface area contributed by atoms with E-state index in [1.54, 1.807) is 7.11 Å². The topological polar surface area (TPSA) is 47.6 Å². The van der Waals surface area contributed by atoms with Gasteiger partial charge in [-0.05, 0) is 59.9 Å². The highest BCUT2D eigenvalue weighted by Crippen LogP contribution is 2.52. The summed E-state index contributed by atoms with van der Waals surface area (Å²) in [6, 6.07) is 18.6. The van der Waals surface area contributed by atoms with Gasteiger partial charge < -0.3 is 14.8 Å². The molecule has 30 heavy (non-hydrogen) atoms. The largest absolute Gasteiger partial charge is 0.496 e. The van der Waals surface area contributed by atoms with Gasteiger partial charge in [0, 0.05) is 17.2 Å².